The predicted molar refractivity (Wildman–Crippen MR) is 239 cm³/mol. The van der Waals surface area contributed by atoms with Crippen LogP contribution in [0.2, 0.25) is 0 Å². The van der Waals surface area contributed by atoms with E-state index < -0.39 is 44.4 Å². The SMILES string of the molecule is CC1(C)C2CCC(CN(CC3(O)CCC4C56C=CC7(C=C5C(=O)c5ccc(-c8ccccc8)cc5)CC(O)CCC7(C)C6CCC43C)C(=O)C34CCC(C)(C(=O)O3)C4(C)C)C1C2. The normalized spacial score (nSPS) is 45.9. The number of hydrogen-bond donors (Lipinski definition) is 2. The molecule has 7 saturated carbocycles. The number of aliphatic hydroxyl groups excluding tert-OH is 1. The van der Waals surface area contributed by atoms with Gasteiger partial charge in [0, 0.05) is 39.3 Å². The second kappa shape index (κ2) is 12.8. The first kappa shape index (κ1) is 41.2. The molecule has 10 aliphatic carbocycles. The lowest BCUT2D eigenvalue weighted by molar-refractivity contribution is -0.190. The van der Waals surface area contributed by atoms with E-state index in [1.54, 1.807) is 0 Å². The minimum absolute atomic E-state index is 0.0394. The molecule has 7 heteroatoms. The quantitative estimate of drug-likeness (QED) is 0.156. The van der Waals surface area contributed by atoms with Crippen LogP contribution in [0.1, 0.15) is 136 Å². The molecule has 13 atom stereocenters. The van der Waals surface area contributed by atoms with Crippen molar-refractivity contribution in [3.05, 3.63) is 84.0 Å². The zero-order valence-corrected chi connectivity index (χ0v) is 38.3. The Morgan fingerprint density at radius 3 is 2.11 bits per heavy atom. The average molecular weight is 840 g/mol. The maximum absolute atomic E-state index is 15.6. The highest BCUT2D eigenvalue weighted by Crippen LogP contribution is 2.79. The number of nitrogens with zero attached hydrogens (tertiary/aromatic N) is 1. The van der Waals surface area contributed by atoms with Crippen LogP contribution in [0.3, 0.4) is 0 Å². The Morgan fingerprint density at radius 1 is 0.774 bits per heavy atom. The number of rotatable bonds is 8. The van der Waals surface area contributed by atoms with Crippen LogP contribution in [-0.4, -0.2) is 63.2 Å². The van der Waals surface area contributed by atoms with Crippen LogP contribution in [0, 0.1) is 67.5 Å². The maximum Gasteiger partial charge on any atom is 0.313 e. The summed E-state index contributed by atoms with van der Waals surface area (Å²) in [6.45, 7) is 16.3. The second-order valence-corrected chi connectivity index (χ2v) is 24.1. The van der Waals surface area contributed by atoms with E-state index in [-0.39, 0.29) is 46.9 Å². The second-order valence-electron chi connectivity index (χ2n) is 24.1. The fourth-order valence-electron chi connectivity index (χ4n) is 17.2. The molecule has 62 heavy (non-hydrogen) atoms. The molecule has 2 aromatic rings. The Balaban J connectivity index is 0.981. The van der Waals surface area contributed by atoms with Crippen molar-refractivity contribution < 1.29 is 29.3 Å². The Labute approximate surface area is 369 Å². The third-order valence-electron chi connectivity index (χ3n) is 21.8. The van der Waals surface area contributed by atoms with Gasteiger partial charge in [0.05, 0.1) is 23.7 Å². The Morgan fingerprint density at radius 2 is 1.45 bits per heavy atom. The number of amides is 1. The van der Waals surface area contributed by atoms with Crippen LogP contribution in [-0.2, 0) is 14.3 Å². The van der Waals surface area contributed by atoms with E-state index in [4.69, 9.17) is 4.74 Å². The largest absolute Gasteiger partial charge is 0.448 e. The lowest BCUT2D eigenvalue weighted by Gasteiger charge is -2.71. The zero-order valence-electron chi connectivity index (χ0n) is 38.3. The molecule has 13 rings (SSSR count). The maximum atomic E-state index is 15.6. The van der Waals surface area contributed by atoms with E-state index in [9.17, 15) is 15.0 Å². The molecule has 330 valence electrons. The molecule has 2 aromatic carbocycles. The molecular formula is C55H69NO6. The number of allylic oxidation sites excluding steroid dienone is 4. The average Bonchev–Trinajstić information content (AvgIpc) is 3.71. The minimum atomic E-state index is -1.26. The third kappa shape index (κ3) is 4.84. The van der Waals surface area contributed by atoms with Crippen LogP contribution in [0.15, 0.2) is 78.4 Å². The van der Waals surface area contributed by atoms with Crippen molar-refractivity contribution in [2.24, 2.45) is 67.5 Å². The Kier molecular flexibility index (Phi) is 8.52. The lowest BCUT2D eigenvalue weighted by Crippen LogP contribution is -2.68. The summed E-state index contributed by atoms with van der Waals surface area (Å²) in [5.41, 5.74) is -1.78. The first-order valence-electron chi connectivity index (χ1n) is 24.3. The highest BCUT2D eigenvalue weighted by Gasteiger charge is 2.78. The molecule has 2 spiro atoms. The molecule has 11 aliphatic rings. The molecule has 1 heterocycles. The van der Waals surface area contributed by atoms with E-state index in [1.807, 2.05) is 56.0 Å². The highest BCUT2D eigenvalue weighted by atomic mass is 16.6. The third-order valence-corrected chi connectivity index (χ3v) is 21.8. The lowest BCUT2D eigenvalue weighted by atomic mass is 9.32. The van der Waals surface area contributed by atoms with E-state index in [0.717, 1.165) is 67.6 Å². The van der Waals surface area contributed by atoms with Crippen LogP contribution in [0.25, 0.3) is 11.1 Å². The van der Waals surface area contributed by atoms with Gasteiger partial charge in [0.1, 0.15) is 0 Å². The van der Waals surface area contributed by atoms with Gasteiger partial charge < -0.3 is 19.8 Å². The summed E-state index contributed by atoms with van der Waals surface area (Å²) in [4.78, 5) is 46.6. The van der Waals surface area contributed by atoms with Crippen LogP contribution in [0.5, 0.6) is 0 Å². The monoisotopic (exact) mass is 840 g/mol. The van der Waals surface area contributed by atoms with E-state index in [0.29, 0.717) is 49.6 Å². The van der Waals surface area contributed by atoms with Crippen molar-refractivity contribution in [2.75, 3.05) is 13.1 Å². The van der Waals surface area contributed by atoms with Gasteiger partial charge in [-0.05, 0) is 136 Å². The summed E-state index contributed by atoms with van der Waals surface area (Å²) in [5, 5.41) is 24.9. The highest BCUT2D eigenvalue weighted by molar-refractivity contribution is 6.10. The molecule has 0 aromatic heterocycles. The van der Waals surface area contributed by atoms with Crippen molar-refractivity contribution in [1.82, 2.24) is 4.90 Å². The first-order chi connectivity index (χ1) is 29.2. The van der Waals surface area contributed by atoms with Gasteiger partial charge in [0.15, 0.2) is 11.4 Å². The molecule has 8 fully saturated rings. The number of aliphatic hydroxyl groups is 2. The van der Waals surface area contributed by atoms with E-state index in [1.165, 1.54) is 6.42 Å². The summed E-state index contributed by atoms with van der Waals surface area (Å²) >= 11 is 0. The molecule has 13 unspecified atom stereocenters. The van der Waals surface area contributed by atoms with Gasteiger partial charge in [-0.15, -0.1) is 0 Å². The van der Waals surface area contributed by atoms with Crippen LogP contribution < -0.4 is 0 Å². The number of ketones is 1. The first-order valence-corrected chi connectivity index (χ1v) is 24.3. The van der Waals surface area contributed by atoms with Crippen LogP contribution in [0.4, 0.5) is 0 Å². The summed E-state index contributed by atoms with van der Waals surface area (Å²) in [6.07, 6.45) is 16.3. The number of benzene rings is 2. The fourth-order valence-corrected chi connectivity index (χ4v) is 17.2. The smallest absolute Gasteiger partial charge is 0.313 e. The topological polar surface area (TPSA) is 104 Å². The number of ether oxygens (including phenoxy) is 1. The summed E-state index contributed by atoms with van der Waals surface area (Å²) in [5.74, 6) is 1.35. The van der Waals surface area contributed by atoms with E-state index >= 15 is 9.59 Å². The number of hydrogen-bond acceptors (Lipinski definition) is 6. The Bertz CT molecular complexity index is 2310. The van der Waals surface area contributed by atoms with Crippen molar-refractivity contribution >= 4 is 17.7 Å². The van der Waals surface area contributed by atoms with Crippen molar-refractivity contribution in [3.63, 3.8) is 0 Å². The van der Waals surface area contributed by atoms with Crippen LogP contribution >= 0.6 is 0 Å². The van der Waals surface area contributed by atoms with Gasteiger partial charge in [0.2, 0.25) is 0 Å². The van der Waals surface area contributed by atoms with Crippen molar-refractivity contribution in [2.45, 2.75) is 143 Å². The molecule has 1 saturated heterocycles. The van der Waals surface area contributed by atoms with Crippen molar-refractivity contribution in [3.8, 4) is 11.1 Å². The minimum Gasteiger partial charge on any atom is -0.448 e. The van der Waals surface area contributed by atoms with Gasteiger partial charge in [0.25, 0.3) is 5.91 Å². The van der Waals surface area contributed by atoms with Gasteiger partial charge >= 0.3 is 5.97 Å². The van der Waals surface area contributed by atoms with Crippen molar-refractivity contribution in [1.29, 1.82) is 0 Å². The molecule has 7 nitrogen and oxygen atoms in total. The predicted octanol–water partition coefficient (Wildman–Crippen LogP) is 10.2. The van der Waals surface area contributed by atoms with Gasteiger partial charge in [-0.3, -0.25) is 14.4 Å². The molecule has 1 aliphatic heterocycles. The number of carbonyl (C=O) groups excluding carboxylic acids is 3. The number of esters is 1. The summed E-state index contributed by atoms with van der Waals surface area (Å²) in [6, 6.07) is 18.3. The molecule has 0 radical (unpaired) electrons. The molecule has 2 N–H and O–H groups in total. The van der Waals surface area contributed by atoms with Gasteiger partial charge in [-0.2, -0.15) is 0 Å². The fraction of sp³-hybridized carbons (Fsp3) is 0.655. The number of Topliss-reactive ketones (excluding diaryl/α,β-unsaturated/α-hetero) is 1. The zero-order chi connectivity index (χ0) is 43.7. The Hall–Kier alpha value is -3.55. The summed E-state index contributed by atoms with van der Waals surface area (Å²) < 4.78 is 6.31. The molecular weight excluding hydrogens is 771 g/mol. The van der Waals surface area contributed by atoms with Gasteiger partial charge in [-0.25, -0.2) is 0 Å². The molecule has 6 bridgehead atoms. The number of fused-ring (bicyclic) bond motifs is 5. The van der Waals surface area contributed by atoms with E-state index in [2.05, 4.69) is 70.2 Å². The molecule has 1 amide bonds. The summed E-state index contributed by atoms with van der Waals surface area (Å²) in [7, 11) is 0. The number of carbonyl (C=O) groups is 3. The van der Waals surface area contributed by atoms with Gasteiger partial charge in [-0.1, -0.05) is 114 Å². The standard InChI is InChI=1S/C55H69NO6/c1-47(2)38-18-17-37(40(47)29-38)32-56(45(59)55-28-25-51(7,46(60)62-55)48(55,3)4)33-53(61)24-21-43-50(53,6)23-20-42-49(5)22-19-39(57)30-52(49)26-27-54(42,43)41(31-52)44(58)36-15-13-35(14-16-36)34-11-9-8-10-12-34/h8-16,26-27,31,37-40,42-43,57,61H,17-25,28-30,32-33H2,1-7H3.